The standard InChI is InChI=1S/C13H15BrN4O/c1-18-7-10(14)2-8(13(18)19)3-11-4-12(17-16-11)9-5-15-6-9/h2,4,7,9,15H,3,5-6H2,1H3,(H,16,17). The molecule has 0 atom stereocenters. The fraction of sp³-hybridized carbons (Fsp3) is 0.385. The third kappa shape index (κ3) is 2.50. The van der Waals surface area contributed by atoms with Gasteiger partial charge in [0.1, 0.15) is 0 Å². The van der Waals surface area contributed by atoms with Crippen molar-refractivity contribution in [3.05, 3.63) is 50.1 Å². The minimum Gasteiger partial charge on any atom is -0.317 e. The lowest BCUT2D eigenvalue weighted by Gasteiger charge is -2.24. The first-order valence-corrected chi connectivity index (χ1v) is 7.03. The third-order valence-electron chi connectivity index (χ3n) is 3.46. The van der Waals surface area contributed by atoms with Gasteiger partial charge in [-0.3, -0.25) is 9.89 Å². The molecule has 1 aliphatic heterocycles. The van der Waals surface area contributed by atoms with Crippen molar-refractivity contribution in [3.63, 3.8) is 0 Å². The zero-order valence-electron chi connectivity index (χ0n) is 10.6. The lowest BCUT2D eigenvalue weighted by molar-refractivity contribution is 0.439. The second-order valence-corrected chi connectivity index (χ2v) is 5.87. The summed E-state index contributed by atoms with van der Waals surface area (Å²) in [6.07, 6.45) is 2.35. The molecule has 1 fully saturated rings. The summed E-state index contributed by atoms with van der Waals surface area (Å²) >= 11 is 3.42. The quantitative estimate of drug-likeness (QED) is 0.891. The van der Waals surface area contributed by atoms with Crippen molar-refractivity contribution in [2.45, 2.75) is 12.3 Å². The van der Waals surface area contributed by atoms with Crippen LogP contribution in [0, 0.1) is 0 Å². The zero-order chi connectivity index (χ0) is 13.4. The molecule has 100 valence electrons. The minimum absolute atomic E-state index is 0.0321. The SMILES string of the molecule is Cn1cc(Br)cc(Cc2cc(C3CNC3)n[nH]2)c1=O. The summed E-state index contributed by atoms with van der Waals surface area (Å²) in [5.74, 6) is 0.510. The number of aryl methyl sites for hydroxylation is 1. The molecular formula is C13H15BrN4O. The Morgan fingerprint density at radius 3 is 2.95 bits per heavy atom. The maximum Gasteiger partial charge on any atom is 0.253 e. The molecule has 0 radical (unpaired) electrons. The molecule has 1 aliphatic rings. The van der Waals surface area contributed by atoms with Crippen molar-refractivity contribution in [2.75, 3.05) is 13.1 Å². The fourth-order valence-corrected chi connectivity index (χ4v) is 2.83. The van der Waals surface area contributed by atoms with Crippen LogP contribution >= 0.6 is 15.9 Å². The highest BCUT2D eigenvalue weighted by atomic mass is 79.9. The number of halogens is 1. The second kappa shape index (κ2) is 4.94. The predicted molar refractivity (Wildman–Crippen MR) is 76.4 cm³/mol. The van der Waals surface area contributed by atoms with Gasteiger partial charge in [-0.15, -0.1) is 0 Å². The molecule has 2 aromatic rings. The number of H-pyrrole nitrogens is 1. The summed E-state index contributed by atoms with van der Waals surface area (Å²) in [5, 5.41) is 10.6. The van der Waals surface area contributed by atoms with Gasteiger partial charge in [-0.25, -0.2) is 0 Å². The Balaban J connectivity index is 1.84. The van der Waals surface area contributed by atoms with Gasteiger partial charge in [0, 0.05) is 54.4 Å². The van der Waals surface area contributed by atoms with Crippen molar-refractivity contribution < 1.29 is 0 Å². The van der Waals surface area contributed by atoms with Gasteiger partial charge in [-0.2, -0.15) is 5.10 Å². The number of rotatable bonds is 3. The molecule has 3 heterocycles. The number of nitrogens with zero attached hydrogens (tertiary/aromatic N) is 2. The summed E-state index contributed by atoms with van der Waals surface area (Å²) < 4.78 is 2.50. The molecule has 19 heavy (non-hydrogen) atoms. The molecule has 0 spiro atoms. The van der Waals surface area contributed by atoms with Crippen LogP contribution in [0.25, 0.3) is 0 Å². The Morgan fingerprint density at radius 2 is 2.26 bits per heavy atom. The van der Waals surface area contributed by atoms with Crippen molar-refractivity contribution in [2.24, 2.45) is 7.05 Å². The van der Waals surface area contributed by atoms with Crippen LogP contribution in [-0.4, -0.2) is 27.9 Å². The highest BCUT2D eigenvalue weighted by Gasteiger charge is 2.21. The van der Waals surface area contributed by atoms with Crippen molar-refractivity contribution in [1.82, 2.24) is 20.1 Å². The molecular weight excluding hydrogens is 308 g/mol. The predicted octanol–water partition coefficient (Wildman–Crippen LogP) is 1.15. The van der Waals surface area contributed by atoms with Gasteiger partial charge >= 0.3 is 0 Å². The topological polar surface area (TPSA) is 62.7 Å². The van der Waals surface area contributed by atoms with Crippen molar-refractivity contribution in [1.29, 1.82) is 0 Å². The molecule has 3 rings (SSSR count). The van der Waals surface area contributed by atoms with Gasteiger partial charge in [-0.05, 0) is 28.1 Å². The third-order valence-corrected chi connectivity index (χ3v) is 3.89. The lowest BCUT2D eigenvalue weighted by Crippen LogP contribution is -2.40. The first-order valence-electron chi connectivity index (χ1n) is 6.23. The number of hydrogen-bond donors (Lipinski definition) is 2. The maximum absolute atomic E-state index is 12.0. The molecule has 0 amide bonds. The van der Waals surface area contributed by atoms with Crippen LogP contribution in [0.4, 0.5) is 0 Å². The Labute approximate surface area is 119 Å². The average Bonchev–Trinajstić information content (AvgIpc) is 2.71. The van der Waals surface area contributed by atoms with E-state index < -0.39 is 0 Å². The molecule has 0 unspecified atom stereocenters. The highest BCUT2D eigenvalue weighted by molar-refractivity contribution is 9.10. The number of pyridine rings is 1. The molecule has 0 aliphatic carbocycles. The average molecular weight is 323 g/mol. The van der Waals surface area contributed by atoms with Gasteiger partial charge in [0.15, 0.2) is 0 Å². The van der Waals surface area contributed by atoms with E-state index in [0.717, 1.165) is 34.5 Å². The van der Waals surface area contributed by atoms with Crippen LogP contribution in [0.2, 0.25) is 0 Å². The second-order valence-electron chi connectivity index (χ2n) is 4.95. The van der Waals surface area contributed by atoms with Crippen molar-refractivity contribution >= 4 is 15.9 Å². The number of hydrogen-bond acceptors (Lipinski definition) is 3. The molecule has 0 saturated carbocycles. The number of aromatic nitrogens is 3. The van der Waals surface area contributed by atoms with Crippen molar-refractivity contribution in [3.8, 4) is 0 Å². The maximum atomic E-state index is 12.0. The van der Waals surface area contributed by atoms with E-state index in [1.54, 1.807) is 17.8 Å². The minimum atomic E-state index is 0.0321. The molecule has 0 aromatic carbocycles. The van der Waals surface area contributed by atoms with E-state index in [1.807, 2.05) is 6.07 Å². The Hall–Kier alpha value is -1.40. The van der Waals surface area contributed by atoms with Crippen LogP contribution in [0.3, 0.4) is 0 Å². The highest BCUT2D eigenvalue weighted by Crippen LogP contribution is 2.19. The summed E-state index contributed by atoms with van der Waals surface area (Å²) in [7, 11) is 1.76. The van der Waals surface area contributed by atoms with E-state index in [-0.39, 0.29) is 5.56 Å². The van der Waals surface area contributed by atoms with E-state index in [0.29, 0.717) is 12.3 Å². The van der Waals surface area contributed by atoms with Gasteiger partial charge in [0.2, 0.25) is 0 Å². The molecule has 2 N–H and O–H groups in total. The van der Waals surface area contributed by atoms with Gasteiger partial charge in [0.05, 0.1) is 5.69 Å². The molecule has 2 aromatic heterocycles. The summed E-state index contributed by atoms with van der Waals surface area (Å²) in [6.45, 7) is 1.98. The summed E-state index contributed by atoms with van der Waals surface area (Å²) in [5.41, 5.74) is 2.86. The van der Waals surface area contributed by atoms with Gasteiger partial charge in [-0.1, -0.05) is 0 Å². The van der Waals surface area contributed by atoms with Crippen LogP contribution < -0.4 is 10.9 Å². The molecule has 5 nitrogen and oxygen atoms in total. The van der Waals surface area contributed by atoms with Crippen LogP contribution in [0.15, 0.2) is 27.6 Å². The monoisotopic (exact) mass is 322 g/mol. The number of nitrogens with one attached hydrogen (secondary N) is 2. The lowest BCUT2D eigenvalue weighted by atomic mass is 9.99. The molecule has 0 bridgehead atoms. The Bertz CT molecular complexity index is 657. The van der Waals surface area contributed by atoms with E-state index in [4.69, 9.17) is 0 Å². The van der Waals surface area contributed by atoms with Crippen LogP contribution in [0.5, 0.6) is 0 Å². The fourth-order valence-electron chi connectivity index (χ4n) is 2.24. The molecule has 6 heteroatoms. The zero-order valence-corrected chi connectivity index (χ0v) is 12.2. The largest absolute Gasteiger partial charge is 0.317 e. The summed E-state index contributed by atoms with van der Waals surface area (Å²) in [4.78, 5) is 12.0. The normalized spacial score (nSPS) is 15.5. The Morgan fingerprint density at radius 1 is 1.47 bits per heavy atom. The first kappa shape index (κ1) is 12.6. The van der Waals surface area contributed by atoms with E-state index in [2.05, 4.69) is 37.5 Å². The van der Waals surface area contributed by atoms with Crippen LogP contribution in [-0.2, 0) is 13.5 Å². The number of aromatic amines is 1. The summed E-state index contributed by atoms with van der Waals surface area (Å²) in [6, 6.07) is 3.93. The van der Waals surface area contributed by atoms with Crippen LogP contribution in [0.1, 0.15) is 22.9 Å². The molecule has 1 saturated heterocycles. The Kier molecular flexibility index (Phi) is 3.28. The van der Waals surface area contributed by atoms with Gasteiger partial charge in [0.25, 0.3) is 5.56 Å². The van der Waals surface area contributed by atoms with Gasteiger partial charge < -0.3 is 9.88 Å². The first-order chi connectivity index (χ1) is 9.13. The smallest absolute Gasteiger partial charge is 0.253 e. The van der Waals surface area contributed by atoms with E-state index in [1.165, 1.54) is 0 Å². The van der Waals surface area contributed by atoms with E-state index in [9.17, 15) is 4.79 Å². The van der Waals surface area contributed by atoms with E-state index >= 15 is 0 Å².